The van der Waals surface area contributed by atoms with Crippen LogP contribution in [0.2, 0.25) is 0 Å². The molecule has 1 aromatic rings. The Morgan fingerprint density at radius 2 is 2.11 bits per heavy atom. The van der Waals surface area contributed by atoms with E-state index in [1.807, 2.05) is 42.5 Å². The van der Waals surface area contributed by atoms with E-state index in [0.29, 0.717) is 0 Å². The Kier molecular flexibility index (Phi) is 7.23. The Morgan fingerprint density at radius 3 is 2.72 bits per heavy atom. The van der Waals surface area contributed by atoms with Gasteiger partial charge < -0.3 is 0 Å². The highest BCUT2D eigenvalue weighted by atomic mass is 79.9. The molecule has 0 amide bonds. The molecule has 0 spiro atoms. The topological polar surface area (TPSA) is 48.8 Å². The monoisotopic (exact) mass is 307 g/mol. The molecule has 0 N–H and O–H groups in total. The number of azide groups is 1. The number of rotatable bonds is 7. The van der Waals surface area contributed by atoms with Crippen molar-refractivity contribution in [2.45, 2.75) is 37.1 Å². The van der Waals surface area contributed by atoms with Gasteiger partial charge in [-0.15, -0.1) is 0 Å². The number of benzene rings is 1. The fourth-order valence-corrected chi connectivity index (χ4v) is 2.24. The normalized spacial score (nSPS) is 14.1. The van der Waals surface area contributed by atoms with Crippen LogP contribution in [0.1, 0.15) is 31.7 Å². The lowest BCUT2D eigenvalue weighted by Crippen LogP contribution is -2.15. The molecule has 0 fully saturated rings. The zero-order valence-electron chi connectivity index (χ0n) is 10.5. The second-order valence-electron chi connectivity index (χ2n) is 4.12. The zero-order chi connectivity index (χ0) is 13.2. The highest BCUT2D eigenvalue weighted by Gasteiger charge is 2.13. The third-order valence-electron chi connectivity index (χ3n) is 2.67. The van der Waals surface area contributed by atoms with Crippen LogP contribution in [0.4, 0.5) is 0 Å². The lowest BCUT2D eigenvalue weighted by Gasteiger charge is -2.13. The van der Waals surface area contributed by atoms with Crippen molar-refractivity contribution < 1.29 is 0 Å². The van der Waals surface area contributed by atoms with Crippen molar-refractivity contribution in [1.29, 1.82) is 0 Å². The summed E-state index contributed by atoms with van der Waals surface area (Å²) in [4.78, 5) is 3.12. The Morgan fingerprint density at radius 1 is 1.39 bits per heavy atom. The first kappa shape index (κ1) is 14.8. The molecule has 0 aliphatic carbocycles. The number of hydrogen-bond donors (Lipinski definition) is 0. The lowest BCUT2D eigenvalue weighted by molar-refractivity contribution is 0.644. The highest BCUT2D eigenvalue weighted by molar-refractivity contribution is 9.09. The van der Waals surface area contributed by atoms with Crippen LogP contribution in [-0.2, 0) is 0 Å². The van der Waals surface area contributed by atoms with Crippen LogP contribution < -0.4 is 0 Å². The molecule has 1 rings (SSSR count). The number of hydrogen-bond acceptors (Lipinski definition) is 1. The third-order valence-corrected chi connectivity index (χ3v) is 3.67. The predicted molar refractivity (Wildman–Crippen MR) is 80.7 cm³/mol. The summed E-state index contributed by atoms with van der Waals surface area (Å²) in [5.74, 6) is 0. The Hall–Kier alpha value is -1.25. The maximum Gasteiger partial charge on any atom is 0.0683 e. The van der Waals surface area contributed by atoms with E-state index in [1.54, 1.807) is 0 Å². The smallest absolute Gasteiger partial charge is 0.0683 e. The highest BCUT2D eigenvalue weighted by Crippen LogP contribution is 2.19. The van der Waals surface area contributed by atoms with E-state index in [1.165, 1.54) is 0 Å². The number of nitrogens with zero attached hydrogens (tertiary/aromatic N) is 3. The Bertz CT molecular complexity index is 410. The summed E-state index contributed by atoms with van der Waals surface area (Å²) in [7, 11) is 0. The first-order valence-electron chi connectivity index (χ1n) is 6.19. The molecular formula is C14H18BrN3. The van der Waals surface area contributed by atoms with Gasteiger partial charge in [0, 0.05) is 9.74 Å². The van der Waals surface area contributed by atoms with E-state index in [0.717, 1.165) is 24.8 Å². The first-order valence-corrected chi connectivity index (χ1v) is 7.11. The Labute approximate surface area is 117 Å². The predicted octanol–water partition coefficient (Wildman–Crippen LogP) is 5.33. The summed E-state index contributed by atoms with van der Waals surface area (Å²) in [6, 6.07) is 9.88. The van der Waals surface area contributed by atoms with Crippen molar-refractivity contribution in [3.05, 3.63) is 52.4 Å². The van der Waals surface area contributed by atoms with Gasteiger partial charge in [0.25, 0.3) is 0 Å². The molecule has 96 valence electrons. The number of unbranched alkanes of at least 4 members (excludes halogenated alkanes) is 1. The minimum atomic E-state index is -0.137. The first-order chi connectivity index (χ1) is 8.77. The minimum Gasteiger partial charge on any atom is -0.0883 e. The largest absolute Gasteiger partial charge is 0.0883 e. The zero-order valence-corrected chi connectivity index (χ0v) is 12.1. The summed E-state index contributed by atoms with van der Waals surface area (Å²) in [5, 5.41) is 3.84. The SMILES string of the molecule is CCCCC(Br)C(C=Cc1ccccc1)N=[N+]=[N-]. The molecule has 0 heterocycles. The van der Waals surface area contributed by atoms with Gasteiger partial charge >= 0.3 is 0 Å². The van der Waals surface area contributed by atoms with E-state index in [2.05, 4.69) is 32.9 Å². The van der Waals surface area contributed by atoms with Gasteiger partial charge in [0.1, 0.15) is 0 Å². The number of alkyl halides is 1. The van der Waals surface area contributed by atoms with Crippen molar-refractivity contribution in [3.63, 3.8) is 0 Å². The molecule has 3 nitrogen and oxygen atoms in total. The maximum absolute atomic E-state index is 8.61. The van der Waals surface area contributed by atoms with Crippen LogP contribution in [0.3, 0.4) is 0 Å². The van der Waals surface area contributed by atoms with Crippen LogP contribution in [-0.4, -0.2) is 10.9 Å². The average molecular weight is 308 g/mol. The fraction of sp³-hybridized carbons (Fsp3) is 0.429. The van der Waals surface area contributed by atoms with Crippen LogP contribution in [0.5, 0.6) is 0 Å². The van der Waals surface area contributed by atoms with E-state index < -0.39 is 0 Å². The Balaban J connectivity index is 2.68. The molecule has 0 aliphatic rings. The quantitative estimate of drug-likeness (QED) is 0.283. The van der Waals surface area contributed by atoms with E-state index in [4.69, 9.17) is 5.53 Å². The van der Waals surface area contributed by atoms with E-state index in [-0.39, 0.29) is 10.9 Å². The van der Waals surface area contributed by atoms with Crippen molar-refractivity contribution >= 4 is 22.0 Å². The standard InChI is InChI=1S/C14H18BrN3/c1-2-3-9-13(15)14(17-18-16)11-10-12-7-5-4-6-8-12/h4-8,10-11,13-14H,2-3,9H2,1H3. The molecule has 1 aromatic carbocycles. The number of halogens is 1. The molecule has 18 heavy (non-hydrogen) atoms. The van der Waals surface area contributed by atoms with Gasteiger partial charge in [-0.2, -0.15) is 0 Å². The van der Waals surface area contributed by atoms with Crippen LogP contribution >= 0.6 is 15.9 Å². The van der Waals surface area contributed by atoms with E-state index >= 15 is 0 Å². The molecule has 0 bridgehead atoms. The van der Waals surface area contributed by atoms with Crippen LogP contribution in [0.25, 0.3) is 16.5 Å². The van der Waals surface area contributed by atoms with E-state index in [9.17, 15) is 0 Å². The molecule has 2 unspecified atom stereocenters. The lowest BCUT2D eigenvalue weighted by atomic mass is 10.1. The van der Waals surface area contributed by atoms with Crippen LogP contribution in [0.15, 0.2) is 41.5 Å². The van der Waals surface area contributed by atoms with Gasteiger partial charge in [-0.05, 0) is 17.5 Å². The molecule has 0 saturated heterocycles. The average Bonchev–Trinajstić information content (AvgIpc) is 2.42. The summed E-state index contributed by atoms with van der Waals surface area (Å²) in [6.45, 7) is 2.15. The van der Waals surface area contributed by atoms with Gasteiger partial charge in [0.15, 0.2) is 0 Å². The third kappa shape index (κ3) is 5.39. The molecule has 0 saturated carbocycles. The minimum absolute atomic E-state index is 0.137. The van der Waals surface area contributed by atoms with Crippen molar-refractivity contribution in [3.8, 4) is 0 Å². The van der Waals surface area contributed by atoms with Crippen LogP contribution in [0, 0.1) is 0 Å². The fourth-order valence-electron chi connectivity index (χ4n) is 1.63. The molecule has 4 heteroatoms. The molecule has 0 aliphatic heterocycles. The van der Waals surface area contributed by atoms with Crippen molar-refractivity contribution in [2.75, 3.05) is 0 Å². The van der Waals surface area contributed by atoms with Gasteiger partial charge in [0.2, 0.25) is 0 Å². The summed E-state index contributed by atoms with van der Waals surface area (Å²) in [5.41, 5.74) is 9.73. The van der Waals surface area contributed by atoms with Gasteiger partial charge in [0.05, 0.1) is 6.04 Å². The second-order valence-corrected chi connectivity index (χ2v) is 5.30. The van der Waals surface area contributed by atoms with Gasteiger partial charge in [-0.25, -0.2) is 0 Å². The summed E-state index contributed by atoms with van der Waals surface area (Å²) in [6.07, 6.45) is 7.25. The van der Waals surface area contributed by atoms with Gasteiger partial charge in [-0.1, -0.05) is 83.3 Å². The van der Waals surface area contributed by atoms with Gasteiger partial charge in [-0.3, -0.25) is 0 Å². The molecular weight excluding hydrogens is 290 g/mol. The van der Waals surface area contributed by atoms with Crippen molar-refractivity contribution in [2.24, 2.45) is 5.11 Å². The van der Waals surface area contributed by atoms with Crippen molar-refractivity contribution in [1.82, 2.24) is 0 Å². The second kappa shape index (κ2) is 8.78. The summed E-state index contributed by atoms with van der Waals surface area (Å²) >= 11 is 3.60. The molecule has 2 atom stereocenters. The summed E-state index contributed by atoms with van der Waals surface area (Å²) < 4.78 is 0. The maximum atomic E-state index is 8.61. The molecule has 0 aromatic heterocycles. The molecule has 0 radical (unpaired) electrons.